The number of benzene rings is 1. The second-order valence-electron chi connectivity index (χ2n) is 7.42. The Hall–Kier alpha value is -2.60. The minimum atomic E-state index is -0.287. The molecule has 1 aromatic heterocycles. The molecule has 0 radical (unpaired) electrons. The Bertz CT molecular complexity index is 864. The van der Waals surface area contributed by atoms with E-state index < -0.39 is 0 Å². The quantitative estimate of drug-likeness (QED) is 0.588. The van der Waals surface area contributed by atoms with E-state index in [-0.39, 0.29) is 18.6 Å². The minimum absolute atomic E-state index is 0.0698. The highest BCUT2D eigenvalue weighted by Gasteiger charge is 2.18. The molecule has 3 rings (SSSR count). The molecule has 1 aliphatic heterocycles. The van der Waals surface area contributed by atoms with E-state index in [1.807, 2.05) is 32.0 Å². The number of hydrogen-bond donors (Lipinski definition) is 1. The number of amides is 1. The zero-order chi connectivity index (χ0) is 20.1. The van der Waals surface area contributed by atoms with E-state index in [2.05, 4.69) is 35.0 Å². The number of hydrazone groups is 1. The molecule has 150 valence electrons. The van der Waals surface area contributed by atoms with Gasteiger partial charge >= 0.3 is 0 Å². The molecule has 1 fully saturated rings. The fraction of sp³-hybridized carbons (Fsp3) is 0.455. The van der Waals surface area contributed by atoms with Crippen LogP contribution < -0.4 is 10.2 Å². The third-order valence-corrected chi connectivity index (χ3v) is 5.12. The lowest BCUT2D eigenvalue weighted by molar-refractivity contribution is -0.123. The van der Waals surface area contributed by atoms with Gasteiger partial charge in [0.05, 0.1) is 12.3 Å². The van der Waals surface area contributed by atoms with Crippen LogP contribution in [-0.4, -0.2) is 36.0 Å². The number of nitrogens with one attached hydrogen (secondary N) is 1. The monoisotopic (exact) mass is 383 g/mol. The van der Waals surface area contributed by atoms with E-state index in [1.54, 1.807) is 6.21 Å². The molecule has 1 N–H and O–H groups in total. The Kier molecular flexibility index (Phi) is 6.52. The molecule has 0 aliphatic carbocycles. The van der Waals surface area contributed by atoms with Crippen molar-refractivity contribution in [3.8, 4) is 5.75 Å². The third kappa shape index (κ3) is 5.01. The highest BCUT2D eigenvalue weighted by molar-refractivity contribution is 5.84. The molecule has 0 spiro atoms. The predicted molar refractivity (Wildman–Crippen MR) is 110 cm³/mol. The van der Waals surface area contributed by atoms with Crippen molar-refractivity contribution in [1.29, 1.82) is 0 Å². The van der Waals surface area contributed by atoms with E-state index in [1.165, 1.54) is 5.69 Å². The first-order valence-corrected chi connectivity index (χ1v) is 9.74. The number of hydrogen-bond acceptors (Lipinski definition) is 4. The highest BCUT2D eigenvalue weighted by Crippen LogP contribution is 2.20. The summed E-state index contributed by atoms with van der Waals surface area (Å²) in [4.78, 5) is 12.0. The summed E-state index contributed by atoms with van der Waals surface area (Å²) < 4.78 is 13.6. The fourth-order valence-corrected chi connectivity index (χ4v) is 3.44. The standard InChI is InChI=1S/C22H29N3O3/c1-15-7-8-16(2)21(10-15)28-14-22(26)24-23-12-19-11-17(3)25(18(19)4)13-20-6-5-9-27-20/h7-8,10-12,20H,5-6,9,13-14H2,1-4H3,(H,24,26)/b23-12-/t20-/m1/s1. The summed E-state index contributed by atoms with van der Waals surface area (Å²) >= 11 is 0. The van der Waals surface area contributed by atoms with E-state index in [0.717, 1.165) is 54.1 Å². The van der Waals surface area contributed by atoms with Crippen molar-refractivity contribution >= 4 is 12.1 Å². The lowest BCUT2D eigenvalue weighted by atomic mass is 10.1. The third-order valence-electron chi connectivity index (χ3n) is 5.12. The van der Waals surface area contributed by atoms with Gasteiger partial charge in [-0.15, -0.1) is 0 Å². The van der Waals surface area contributed by atoms with Crippen LogP contribution in [0.3, 0.4) is 0 Å². The second-order valence-corrected chi connectivity index (χ2v) is 7.42. The number of nitrogens with zero attached hydrogens (tertiary/aromatic N) is 2. The molecule has 2 heterocycles. The summed E-state index contributed by atoms with van der Waals surface area (Å²) in [7, 11) is 0. The highest BCUT2D eigenvalue weighted by atomic mass is 16.5. The van der Waals surface area contributed by atoms with E-state index in [4.69, 9.17) is 9.47 Å². The number of aromatic nitrogens is 1. The van der Waals surface area contributed by atoms with Crippen LogP contribution in [0, 0.1) is 27.7 Å². The smallest absolute Gasteiger partial charge is 0.277 e. The maximum Gasteiger partial charge on any atom is 0.277 e. The van der Waals surface area contributed by atoms with Crippen molar-refractivity contribution in [2.45, 2.75) is 53.2 Å². The van der Waals surface area contributed by atoms with Crippen LogP contribution >= 0.6 is 0 Å². The molecule has 0 unspecified atom stereocenters. The number of carbonyl (C=O) groups excluding carboxylic acids is 1. The Labute approximate surface area is 166 Å². The molecule has 1 aromatic carbocycles. The van der Waals surface area contributed by atoms with E-state index in [0.29, 0.717) is 0 Å². The van der Waals surface area contributed by atoms with Crippen LogP contribution in [0.5, 0.6) is 5.75 Å². The largest absolute Gasteiger partial charge is 0.483 e. The van der Waals surface area contributed by atoms with Crippen LogP contribution in [0.15, 0.2) is 29.4 Å². The number of carbonyl (C=O) groups is 1. The first-order chi connectivity index (χ1) is 13.4. The summed E-state index contributed by atoms with van der Waals surface area (Å²) in [5, 5.41) is 4.09. The summed E-state index contributed by atoms with van der Waals surface area (Å²) in [6.45, 7) is 9.74. The second kappa shape index (κ2) is 9.06. The topological polar surface area (TPSA) is 64.8 Å². The van der Waals surface area contributed by atoms with Gasteiger partial charge in [-0.3, -0.25) is 4.79 Å². The summed E-state index contributed by atoms with van der Waals surface area (Å²) in [5.41, 5.74) is 7.91. The van der Waals surface area contributed by atoms with Crippen molar-refractivity contribution in [3.05, 3.63) is 52.3 Å². The van der Waals surface area contributed by atoms with Gasteiger partial charge in [-0.25, -0.2) is 5.43 Å². The molecular weight excluding hydrogens is 354 g/mol. The van der Waals surface area contributed by atoms with Gasteiger partial charge in [0.2, 0.25) is 0 Å². The normalized spacial score (nSPS) is 16.6. The number of rotatable bonds is 7. The van der Waals surface area contributed by atoms with Gasteiger partial charge in [-0.05, 0) is 63.8 Å². The van der Waals surface area contributed by atoms with Crippen LogP contribution in [-0.2, 0) is 16.1 Å². The Balaban J connectivity index is 1.54. The van der Waals surface area contributed by atoms with Crippen molar-refractivity contribution in [3.63, 3.8) is 0 Å². The first kappa shape index (κ1) is 20.1. The average molecular weight is 383 g/mol. The lowest BCUT2D eigenvalue weighted by Gasteiger charge is -2.14. The molecule has 0 saturated carbocycles. The molecule has 1 saturated heterocycles. The van der Waals surface area contributed by atoms with E-state index >= 15 is 0 Å². The van der Waals surface area contributed by atoms with Crippen molar-refractivity contribution in [2.24, 2.45) is 5.10 Å². The van der Waals surface area contributed by atoms with Crippen LogP contribution in [0.25, 0.3) is 0 Å². The predicted octanol–water partition coefficient (Wildman–Crippen LogP) is 3.43. The van der Waals surface area contributed by atoms with Gasteiger partial charge in [0, 0.05) is 30.1 Å². The zero-order valence-corrected chi connectivity index (χ0v) is 17.1. The SMILES string of the molecule is Cc1ccc(C)c(OCC(=O)N/N=C\c2cc(C)n(C[C@H]3CCCO3)c2C)c1. The van der Waals surface area contributed by atoms with Gasteiger partial charge in [0.25, 0.3) is 5.91 Å². The lowest BCUT2D eigenvalue weighted by Crippen LogP contribution is -2.24. The molecule has 0 bridgehead atoms. The van der Waals surface area contributed by atoms with Crippen LogP contribution in [0.1, 0.15) is 40.9 Å². The number of ether oxygens (including phenoxy) is 2. The van der Waals surface area contributed by atoms with Crippen molar-refractivity contribution in [2.75, 3.05) is 13.2 Å². The summed E-state index contributed by atoms with van der Waals surface area (Å²) in [6.07, 6.45) is 4.21. The van der Waals surface area contributed by atoms with Gasteiger partial charge in [-0.1, -0.05) is 12.1 Å². The Morgan fingerprint density at radius 3 is 2.89 bits per heavy atom. The molecule has 6 nitrogen and oxygen atoms in total. The molecular formula is C22H29N3O3. The van der Waals surface area contributed by atoms with Gasteiger partial charge in [-0.2, -0.15) is 5.10 Å². The zero-order valence-electron chi connectivity index (χ0n) is 17.1. The molecule has 1 aliphatic rings. The van der Waals surface area contributed by atoms with Crippen molar-refractivity contribution < 1.29 is 14.3 Å². The summed E-state index contributed by atoms with van der Waals surface area (Å²) in [6, 6.07) is 8.00. The molecule has 1 atom stereocenters. The average Bonchev–Trinajstić information content (AvgIpc) is 3.27. The molecule has 1 amide bonds. The van der Waals surface area contributed by atoms with Gasteiger partial charge in [0.15, 0.2) is 6.61 Å². The molecule has 6 heteroatoms. The molecule has 28 heavy (non-hydrogen) atoms. The summed E-state index contributed by atoms with van der Waals surface area (Å²) in [5.74, 6) is 0.433. The minimum Gasteiger partial charge on any atom is -0.483 e. The maximum absolute atomic E-state index is 12.0. The van der Waals surface area contributed by atoms with Gasteiger partial charge in [0.1, 0.15) is 5.75 Å². The molecule has 2 aromatic rings. The van der Waals surface area contributed by atoms with Crippen LogP contribution in [0.2, 0.25) is 0 Å². The van der Waals surface area contributed by atoms with Crippen LogP contribution in [0.4, 0.5) is 0 Å². The first-order valence-electron chi connectivity index (χ1n) is 9.74. The van der Waals surface area contributed by atoms with Gasteiger partial charge < -0.3 is 14.0 Å². The Morgan fingerprint density at radius 1 is 1.32 bits per heavy atom. The Morgan fingerprint density at radius 2 is 2.14 bits per heavy atom. The number of aryl methyl sites for hydroxylation is 3. The maximum atomic E-state index is 12.0. The van der Waals surface area contributed by atoms with Crippen molar-refractivity contribution in [1.82, 2.24) is 9.99 Å². The fourth-order valence-electron chi connectivity index (χ4n) is 3.44. The van der Waals surface area contributed by atoms with E-state index in [9.17, 15) is 4.79 Å².